The van der Waals surface area contributed by atoms with Crippen molar-refractivity contribution in [2.24, 2.45) is 0 Å². The van der Waals surface area contributed by atoms with E-state index in [0.717, 1.165) is 6.07 Å². The van der Waals surface area contributed by atoms with Crippen LogP contribution in [0.1, 0.15) is 24.0 Å². The number of hydrogen-bond acceptors (Lipinski definition) is 3. The standard InChI is InChI=1S/C10H9F3O3/c11-10(12,13)5-1-2-6(14)8(15)7(5)9(16)3-4-9/h1-2,14-16H,3-4H2. The number of rotatable bonds is 1. The smallest absolute Gasteiger partial charge is 0.416 e. The topological polar surface area (TPSA) is 60.7 Å². The van der Waals surface area contributed by atoms with Crippen LogP contribution in [-0.2, 0) is 11.8 Å². The van der Waals surface area contributed by atoms with E-state index in [9.17, 15) is 23.4 Å². The Bertz CT molecular complexity index is 436. The lowest BCUT2D eigenvalue weighted by molar-refractivity contribution is -0.139. The van der Waals surface area contributed by atoms with Crippen molar-refractivity contribution in [3.8, 4) is 11.5 Å². The molecule has 88 valence electrons. The van der Waals surface area contributed by atoms with Gasteiger partial charge in [-0.05, 0) is 25.0 Å². The Balaban J connectivity index is 2.66. The molecule has 0 heterocycles. The highest BCUT2D eigenvalue weighted by Crippen LogP contribution is 2.54. The zero-order valence-corrected chi connectivity index (χ0v) is 8.04. The van der Waals surface area contributed by atoms with Crippen LogP contribution < -0.4 is 0 Å². The van der Waals surface area contributed by atoms with E-state index < -0.39 is 34.4 Å². The van der Waals surface area contributed by atoms with Gasteiger partial charge in [0.05, 0.1) is 11.2 Å². The van der Waals surface area contributed by atoms with Crippen molar-refractivity contribution in [1.82, 2.24) is 0 Å². The van der Waals surface area contributed by atoms with Gasteiger partial charge in [-0.25, -0.2) is 0 Å². The van der Waals surface area contributed by atoms with Crippen LogP contribution in [0.25, 0.3) is 0 Å². The molecule has 16 heavy (non-hydrogen) atoms. The maximum Gasteiger partial charge on any atom is 0.416 e. The second kappa shape index (κ2) is 3.04. The lowest BCUT2D eigenvalue weighted by Crippen LogP contribution is -2.16. The Morgan fingerprint density at radius 2 is 1.69 bits per heavy atom. The van der Waals surface area contributed by atoms with E-state index in [2.05, 4.69) is 0 Å². The Labute approximate surface area is 88.8 Å². The van der Waals surface area contributed by atoms with Crippen LogP contribution in [0.15, 0.2) is 12.1 Å². The predicted molar refractivity (Wildman–Crippen MR) is 47.9 cm³/mol. The second-order valence-corrected chi connectivity index (χ2v) is 3.89. The summed E-state index contributed by atoms with van der Waals surface area (Å²) in [6, 6.07) is 1.41. The predicted octanol–water partition coefficient (Wildman–Crippen LogP) is 2.10. The van der Waals surface area contributed by atoms with Gasteiger partial charge in [0, 0.05) is 5.56 Å². The van der Waals surface area contributed by atoms with Gasteiger partial charge in [0.2, 0.25) is 0 Å². The van der Waals surface area contributed by atoms with Gasteiger partial charge in [-0.2, -0.15) is 13.2 Å². The molecule has 2 rings (SSSR count). The number of halogens is 3. The van der Waals surface area contributed by atoms with Gasteiger partial charge in [0.25, 0.3) is 0 Å². The van der Waals surface area contributed by atoms with E-state index in [0.29, 0.717) is 6.07 Å². The monoisotopic (exact) mass is 234 g/mol. The number of phenols is 2. The Hall–Kier alpha value is -1.43. The summed E-state index contributed by atoms with van der Waals surface area (Å²) < 4.78 is 37.8. The van der Waals surface area contributed by atoms with E-state index in [1.807, 2.05) is 0 Å². The molecule has 1 fully saturated rings. The number of phenolic OH excluding ortho intramolecular Hbond substituents is 2. The summed E-state index contributed by atoms with van der Waals surface area (Å²) in [7, 11) is 0. The third kappa shape index (κ3) is 1.59. The van der Waals surface area contributed by atoms with Crippen LogP contribution in [0.3, 0.4) is 0 Å². The zero-order chi connectivity index (χ0) is 12.1. The van der Waals surface area contributed by atoms with Crippen molar-refractivity contribution in [3.63, 3.8) is 0 Å². The quantitative estimate of drug-likeness (QED) is 0.652. The van der Waals surface area contributed by atoms with Gasteiger partial charge in [-0.15, -0.1) is 0 Å². The molecule has 0 unspecified atom stereocenters. The summed E-state index contributed by atoms with van der Waals surface area (Å²) in [4.78, 5) is 0. The van der Waals surface area contributed by atoms with Gasteiger partial charge < -0.3 is 15.3 Å². The normalized spacial score (nSPS) is 18.5. The minimum absolute atomic E-state index is 0.146. The molecule has 3 nitrogen and oxygen atoms in total. The van der Waals surface area contributed by atoms with Crippen LogP contribution in [0.4, 0.5) is 13.2 Å². The number of hydrogen-bond donors (Lipinski definition) is 3. The fraction of sp³-hybridized carbons (Fsp3) is 0.400. The molecule has 1 aromatic carbocycles. The highest BCUT2D eigenvalue weighted by Gasteiger charge is 2.50. The van der Waals surface area contributed by atoms with Crippen LogP contribution in [-0.4, -0.2) is 15.3 Å². The number of alkyl halides is 3. The Morgan fingerprint density at radius 3 is 2.12 bits per heavy atom. The van der Waals surface area contributed by atoms with Crippen molar-refractivity contribution in [2.75, 3.05) is 0 Å². The lowest BCUT2D eigenvalue weighted by Gasteiger charge is -2.18. The molecule has 0 aromatic heterocycles. The van der Waals surface area contributed by atoms with Gasteiger partial charge in [0.15, 0.2) is 11.5 Å². The van der Waals surface area contributed by atoms with Crippen molar-refractivity contribution in [2.45, 2.75) is 24.6 Å². The molecule has 0 aliphatic heterocycles. The van der Waals surface area contributed by atoms with Gasteiger partial charge >= 0.3 is 6.18 Å². The average Bonchev–Trinajstić information content (AvgIpc) is 2.87. The number of benzene rings is 1. The summed E-state index contributed by atoms with van der Waals surface area (Å²) in [5, 5.41) is 28.2. The van der Waals surface area contributed by atoms with Crippen LogP contribution in [0, 0.1) is 0 Å². The fourth-order valence-electron chi connectivity index (χ4n) is 1.66. The fourth-order valence-corrected chi connectivity index (χ4v) is 1.66. The van der Waals surface area contributed by atoms with E-state index in [-0.39, 0.29) is 12.8 Å². The van der Waals surface area contributed by atoms with Crippen molar-refractivity contribution >= 4 is 0 Å². The Kier molecular flexibility index (Phi) is 2.10. The van der Waals surface area contributed by atoms with Crippen molar-refractivity contribution in [3.05, 3.63) is 23.3 Å². The minimum Gasteiger partial charge on any atom is -0.504 e. The molecule has 3 N–H and O–H groups in total. The van der Waals surface area contributed by atoms with Gasteiger partial charge in [-0.1, -0.05) is 0 Å². The Morgan fingerprint density at radius 1 is 1.12 bits per heavy atom. The molecule has 0 atom stereocenters. The van der Waals surface area contributed by atoms with Crippen LogP contribution >= 0.6 is 0 Å². The van der Waals surface area contributed by atoms with Gasteiger partial charge in [0.1, 0.15) is 0 Å². The molecule has 0 spiro atoms. The maximum absolute atomic E-state index is 12.6. The largest absolute Gasteiger partial charge is 0.504 e. The first-order chi connectivity index (χ1) is 7.26. The van der Waals surface area contributed by atoms with Crippen molar-refractivity contribution < 1.29 is 28.5 Å². The summed E-state index contributed by atoms with van der Waals surface area (Å²) in [6.45, 7) is 0. The zero-order valence-electron chi connectivity index (χ0n) is 8.04. The average molecular weight is 234 g/mol. The summed E-state index contributed by atoms with van der Waals surface area (Å²) in [5.41, 5.74) is -3.39. The minimum atomic E-state index is -4.67. The van der Waals surface area contributed by atoms with Crippen LogP contribution in [0.5, 0.6) is 11.5 Å². The highest BCUT2D eigenvalue weighted by atomic mass is 19.4. The van der Waals surface area contributed by atoms with E-state index >= 15 is 0 Å². The van der Waals surface area contributed by atoms with E-state index in [4.69, 9.17) is 5.11 Å². The molecule has 0 radical (unpaired) electrons. The second-order valence-electron chi connectivity index (χ2n) is 3.89. The first-order valence-corrected chi connectivity index (χ1v) is 4.61. The van der Waals surface area contributed by atoms with Crippen LogP contribution in [0.2, 0.25) is 0 Å². The van der Waals surface area contributed by atoms with E-state index in [1.54, 1.807) is 0 Å². The molecule has 0 saturated heterocycles. The first-order valence-electron chi connectivity index (χ1n) is 4.61. The summed E-state index contributed by atoms with van der Waals surface area (Å²) >= 11 is 0. The molecule has 1 aliphatic carbocycles. The maximum atomic E-state index is 12.6. The highest BCUT2D eigenvalue weighted by molar-refractivity contribution is 5.54. The molecule has 1 aromatic rings. The third-order valence-electron chi connectivity index (χ3n) is 2.65. The number of aromatic hydroxyl groups is 2. The lowest BCUT2D eigenvalue weighted by atomic mass is 9.98. The van der Waals surface area contributed by atoms with E-state index in [1.165, 1.54) is 0 Å². The van der Waals surface area contributed by atoms with Crippen molar-refractivity contribution in [1.29, 1.82) is 0 Å². The SMILES string of the molecule is Oc1ccc(C(F)(F)F)c(C2(O)CC2)c1O. The number of aliphatic hydroxyl groups is 1. The first kappa shape index (κ1) is 11.1. The third-order valence-corrected chi connectivity index (χ3v) is 2.65. The molecule has 0 bridgehead atoms. The molecule has 1 aliphatic rings. The molecular weight excluding hydrogens is 225 g/mol. The summed E-state index contributed by atoms with van der Waals surface area (Å²) in [6.07, 6.45) is -4.38. The molecule has 6 heteroatoms. The molecular formula is C10H9F3O3. The molecule has 0 amide bonds. The van der Waals surface area contributed by atoms with Gasteiger partial charge in [-0.3, -0.25) is 0 Å². The summed E-state index contributed by atoms with van der Waals surface area (Å²) in [5.74, 6) is -1.56. The molecule has 1 saturated carbocycles.